The molecular formula is C21H23N5O. The summed E-state index contributed by atoms with van der Waals surface area (Å²) in [7, 11) is 0. The zero-order valence-corrected chi connectivity index (χ0v) is 15.5. The monoisotopic (exact) mass is 361 g/mol. The zero-order chi connectivity index (χ0) is 18.8. The maximum Gasteiger partial charge on any atom is 0.227 e. The van der Waals surface area contributed by atoms with E-state index in [1.165, 1.54) is 18.4 Å². The van der Waals surface area contributed by atoms with Crippen LogP contribution in [-0.4, -0.2) is 46.7 Å². The van der Waals surface area contributed by atoms with Crippen LogP contribution in [0.25, 0.3) is 0 Å². The van der Waals surface area contributed by atoms with Gasteiger partial charge in [-0.05, 0) is 48.9 Å². The van der Waals surface area contributed by atoms with Crippen molar-refractivity contribution in [1.82, 2.24) is 15.1 Å². The molecule has 1 aliphatic heterocycles. The van der Waals surface area contributed by atoms with Crippen LogP contribution in [0.4, 0.5) is 5.82 Å². The Morgan fingerprint density at radius 3 is 2.52 bits per heavy atom. The van der Waals surface area contributed by atoms with Gasteiger partial charge in [-0.25, -0.2) is 0 Å². The molecule has 6 nitrogen and oxygen atoms in total. The van der Waals surface area contributed by atoms with Crippen LogP contribution in [0, 0.1) is 11.3 Å². The first-order chi connectivity index (χ1) is 13.1. The van der Waals surface area contributed by atoms with E-state index in [0.29, 0.717) is 25.2 Å². The van der Waals surface area contributed by atoms with Crippen LogP contribution in [0.5, 0.6) is 0 Å². The van der Waals surface area contributed by atoms with E-state index in [1.807, 2.05) is 17.0 Å². The van der Waals surface area contributed by atoms with E-state index in [4.69, 9.17) is 5.26 Å². The molecule has 1 saturated heterocycles. The minimum absolute atomic E-state index is 0.106. The average Bonchev–Trinajstić information content (AvgIpc) is 3.54. The van der Waals surface area contributed by atoms with Crippen molar-refractivity contribution in [3.8, 4) is 6.07 Å². The van der Waals surface area contributed by atoms with Gasteiger partial charge in [-0.2, -0.15) is 5.26 Å². The number of amides is 1. The fourth-order valence-electron chi connectivity index (χ4n) is 3.69. The molecule has 27 heavy (non-hydrogen) atoms. The van der Waals surface area contributed by atoms with E-state index in [9.17, 15) is 4.79 Å². The molecule has 1 aromatic carbocycles. The first kappa shape index (κ1) is 17.5. The third-order valence-corrected chi connectivity index (χ3v) is 5.42. The molecule has 6 heteroatoms. The summed E-state index contributed by atoms with van der Waals surface area (Å²) >= 11 is 0. The van der Waals surface area contributed by atoms with Gasteiger partial charge in [-0.3, -0.25) is 4.79 Å². The lowest BCUT2D eigenvalue weighted by molar-refractivity contribution is -0.132. The Labute approximate surface area is 159 Å². The molecular weight excluding hydrogens is 338 g/mol. The van der Waals surface area contributed by atoms with E-state index < -0.39 is 0 Å². The molecule has 1 aliphatic carbocycles. The van der Waals surface area contributed by atoms with Crippen LogP contribution in [0.3, 0.4) is 0 Å². The van der Waals surface area contributed by atoms with Crippen LogP contribution >= 0.6 is 0 Å². The van der Waals surface area contributed by atoms with Gasteiger partial charge in [0.05, 0.1) is 6.42 Å². The Balaban J connectivity index is 1.35. The van der Waals surface area contributed by atoms with Crippen LogP contribution in [0.2, 0.25) is 0 Å². The third-order valence-electron chi connectivity index (χ3n) is 5.42. The van der Waals surface area contributed by atoms with E-state index in [-0.39, 0.29) is 11.9 Å². The van der Waals surface area contributed by atoms with Crippen molar-refractivity contribution in [3.63, 3.8) is 0 Å². The van der Waals surface area contributed by atoms with Crippen molar-refractivity contribution in [3.05, 3.63) is 53.2 Å². The first-order valence-corrected chi connectivity index (χ1v) is 9.51. The Morgan fingerprint density at radius 2 is 1.93 bits per heavy atom. The van der Waals surface area contributed by atoms with E-state index in [0.717, 1.165) is 23.8 Å². The molecule has 4 rings (SSSR count). The van der Waals surface area contributed by atoms with Crippen molar-refractivity contribution in [2.45, 2.75) is 38.1 Å². The minimum atomic E-state index is 0.106. The number of aromatic nitrogens is 2. The fraction of sp³-hybridized carbons (Fsp3) is 0.429. The number of carbonyl (C=O) groups is 1. The number of carbonyl (C=O) groups excluding carboxylic acids is 1. The highest BCUT2D eigenvalue weighted by Gasteiger charge is 2.28. The summed E-state index contributed by atoms with van der Waals surface area (Å²) in [6.07, 6.45) is 3.04. The Bertz CT molecular complexity index is 852. The molecule has 2 fully saturated rings. The summed E-state index contributed by atoms with van der Waals surface area (Å²) in [6.45, 7) is 4.17. The van der Waals surface area contributed by atoms with Crippen molar-refractivity contribution in [1.29, 1.82) is 5.26 Å². The topological polar surface area (TPSA) is 73.1 Å². The second-order valence-electron chi connectivity index (χ2n) is 7.46. The van der Waals surface area contributed by atoms with Crippen LogP contribution in [0.15, 0.2) is 36.4 Å². The summed E-state index contributed by atoms with van der Waals surface area (Å²) in [5.41, 5.74) is 2.79. The summed E-state index contributed by atoms with van der Waals surface area (Å²) < 4.78 is 0. The largest absolute Gasteiger partial charge is 0.351 e. The quantitative estimate of drug-likeness (QED) is 0.837. The molecule has 2 aromatic rings. The Morgan fingerprint density at radius 1 is 1.15 bits per heavy atom. The fourth-order valence-corrected chi connectivity index (χ4v) is 3.69. The highest BCUT2D eigenvalue weighted by molar-refractivity contribution is 5.79. The van der Waals surface area contributed by atoms with Gasteiger partial charge in [0.25, 0.3) is 0 Å². The average molecular weight is 361 g/mol. The predicted octanol–water partition coefficient (Wildman–Crippen LogP) is 2.51. The van der Waals surface area contributed by atoms with Gasteiger partial charge in [-0.1, -0.05) is 24.3 Å². The summed E-state index contributed by atoms with van der Waals surface area (Å²) in [5.74, 6) is 1.67. The molecule has 1 amide bonds. The summed E-state index contributed by atoms with van der Waals surface area (Å²) in [5, 5.41) is 16.9. The van der Waals surface area contributed by atoms with Crippen LogP contribution in [-0.2, 0) is 11.2 Å². The number of hydrogen-bond donors (Lipinski definition) is 0. The molecule has 0 bridgehead atoms. The van der Waals surface area contributed by atoms with Crippen molar-refractivity contribution in [2.24, 2.45) is 0 Å². The van der Waals surface area contributed by atoms with Gasteiger partial charge in [0.1, 0.15) is 6.07 Å². The second kappa shape index (κ2) is 7.36. The molecule has 0 N–H and O–H groups in total. The second-order valence-corrected chi connectivity index (χ2v) is 7.46. The number of piperazine rings is 1. The van der Waals surface area contributed by atoms with E-state index >= 15 is 0 Å². The Kier molecular flexibility index (Phi) is 4.76. The van der Waals surface area contributed by atoms with Crippen molar-refractivity contribution < 1.29 is 4.79 Å². The van der Waals surface area contributed by atoms with Gasteiger partial charge >= 0.3 is 0 Å². The first-order valence-electron chi connectivity index (χ1n) is 9.51. The lowest BCUT2D eigenvalue weighted by atomic mass is 10.0. The smallest absolute Gasteiger partial charge is 0.227 e. The Hall–Kier alpha value is -2.94. The number of rotatable bonds is 4. The maximum absolute atomic E-state index is 12.8. The molecule has 138 valence electrons. The molecule has 2 aliphatic rings. The zero-order valence-electron chi connectivity index (χ0n) is 15.5. The lowest BCUT2D eigenvalue weighted by Crippen LogP contribution is -2.54. The lowest BCUT2D eigenvalue weighted by Gasteiger charge is -2.40. The molecule has 0 radical (unpaired) electrons. The standard InChI is InChI=1S/C21H23N5O/c1-15-14-25(20-9-8-19(13-22)23-24-20)10-11-26(15)21(27)12-16-2-4-17(5-3-16)18-6-7-18/h2-5,8-9,15,18H,6-7,10-12,14H2,1H3/t15-/m0/s1. The van der Waals surface area contributed by atoms with Crippen LogP contribution in [0.1, 0.15) is 42.5 Å². The molecule has 1 atom stereocenters. The van der Waals surface area contributed by atoms with E-state index in [1.54, 1.807) is 6.07 Å². The molecule has 1 saturated carbocycles. The van der Waals surface area contributed by atoms with Gasteiger partial charge in [0.2, 0.25) is 5.91 Å². The maximum atomic E-state index is 12.8. The summed E-state index contributed by atoms with van der Waals surface area (Å²) in [4.78, 5) is 16.9. The molecule has 2 heterocycles. The SMILES string of the molecule is C[C@H]1CN(c2ccc(C#N)nn2)CCN1C(=O)Cc1ccc(C2CC2)cc1. The number of benzene rings is 1. The highest BCUT2D eigenvalue weighted by Crippen LogP contribution is 2.39. The molecule has 1 aromatic heterocycles. The predicted molar refractivity (Wildman–Crippen MR) is 102 cm³/mol. The number of nitriles is 1. The number of anilines is 1. The molecule has 0 unspecified atom stereocenters. The van der Waals surface area contributed by atoms with Crippen LogP contribution < -0.4 is 4.90 Å². The third kappa shape index (κ3) is 3.92. The van der Waals surface area contributed by atoms with E-state index in [2.05, 4.69) is 46.3 Å². The normalized spacial score (nSPS) is 19.6. The molecule has 0 spiro atoms. The highest BCUT2D eigenvalue weighted by atomic mass is 16.2. The van der Waals surface area contributed by atoms with Crippen molar-refractivity contribution >= 4 is 11.7 Å². The summed E-state index contributed by atoms with van der Waals surface area (Å²) in [6, 6.07) is 14.1. The number of nitrogens with zero attached hydrogens (tertiary/aromatic N) is 5. The van der Waals surface area contributed by atoms with Gasteiger partial charge in [-0.15, -0.1) is 10.2 Å². The van der Waals surface area contributed by atoms with Gasteiger partial charge in [0.15, 0.2) is 11.5 Å². The van der Waals surface area contributed by atoms with Crippen molar-refractivity contribution in [2.75, 3.05) is 24.5 Å². The van der Waals surface area contributed by atoms with Gasteiger partial charge < -0.3 is 9.80 Å². The number of hydrogen-bond acceptors (Lipinski definition) is 5. The minimum Gasteiger partial charge on any atom is -0.351 e. The van der Waals surface area contributed by atoms with Gasteiger partial charge in [0, 0.05) is 25.7 Å².